The lowest BCUT2D eigenvalue weighted by Gasteiger charge is -2.22. The highest BCUT2D eigenvalue weighted by atomic mass is 35.5. The molecule has 2 heterocycles. The predicted molar refractivity (Wildman–Crippen MR) is 105 cm³/mol. The molecule has 6 nitrogen and oxygen atoms in total. The summed E-state index contributed by atoms with van der Waals surface area (Å²) in [6.45, 7) is -1.19. The molecule has 0 saturated heterocycles. The van der Waals surface area contributed by atoms with Crippen molar-refractivity contribution in [1.29, 1.82) is 0 Å². The average molecular weight is 417 g/mol. The molecule has 2 aliphatic heterocycles. The number of benzene rings is 2. The van der Waals surface area contributed by atoms with Gasteiger partial charge in [-0.2, -0.15) is 0 Å². The highest BCUT2D eigenvalue weighted by Crippen LogP contribution is 2.46. The summed E-state index contributed by atoms with van der Waals surface area (Å²) in [4.78, 5) is 28.4. The van der Waals surface area contributed by atoms with Gasteiger partial charge >= 0.3 is 0 Å². The van der Waals surface area contributed by atoms with Crippen LogP contribution in [0.2, 0.25) is 10.0 Å². The molecule has 2 aliphatic rings. The number of hydrogen-bond acceptors (Lipinski definition) is 4. The van der Waals surface area contributed by atoms with Crippen molar-refractivity contribution < 1.29 is 19.8 Å². The molecule has 0 aromatic heterocycles. The molecule has 4 rings (SSSR count). The van der Waals surface area contributed by atoms with E-state index in [0.717, 1.165) is 9.80 Å². The molecule has 2 amide bonds. The first-order valence-corrected chi connectivity index (χ1v) is 9.09. The summed E-state index contributed by atoms with van der Waals surface area (Å²) >= 11 is 11.9. The number of carbonyl (C=O) groups is 2. The summed E-state index contributed by atoms with van der Waals surface area (Å²) in [6.07, 6.45) is 0. The molecule has 0 unspecified atom stereocenters. The molecular weight excluding hydrogens is 403 g/mol. The molecule has 0 spiro atoms. The zero-order valence-corrected chi connectivity index (χ0v) is 15.9. The summed E-state index contributed by atoms with van der Waals surface area (Å²) in [7, 11) is 0. The van der Waals surface area contributed by atoms with Gasteiger partial charge in [-0.1, -0.05) is 47.5 Å². The van der Waals surface area contributed by atoms with Crippen LogP contribution in [0.4, 0.5) is 0 Å². The van der Waals surface area contributed by atoms with Crippen LogP contribution in [-0.4, -0.2) is 45.3 Å². The monoisotopic (exact) mass is 416 g/mol. The van der Waals surface area contributed by atoms with Crippen LogP contribution in [0.3, 0.4) is 0 Å². The number of hydrogen-bond donors (Lipinski definition) is 2. The Bertz CT molecular complexity index is 957. The van der Waals surface area contributed by atoms with E-state index in [1.54, 1.807) is 48.5 Å². The first-order chi connectivity index (χ1) is 13.5. The summed E-state index contributed by atoms with van der Waals surface area (Å²) in [5, 5.41) is 20.6. The Morgan fingerprint density at radius 2 is 0.964 bits per heavy atom. The second-order valence-corrected chi connectivity index (χ2v) is 7.08. The van der Waals surface area contributed by atoms with Gasteiger partial charge in [0.2, 0.25) is 0 Å². The zero-order chi connectivity index (χ0) is 20.0. The first-order valence-electron chi connectivity index (χ1n) is 8.34. The lowest BCUT2D eigenvalue weighted by molar-refractivity contribution is -0.126. The van der Waals surface area contributed by atoms with Gasteiger partial charge in [0.25, 0.3) is 11.8 Å². The number of aliphatic hydroxyl groups excluding tert-OH is 2. The first kappa shape index (κ1) is 18.7. The SMILES string of the molecule is O=C1C2=C(c3ccc(Cl)cc3)N(CO)C(=O)C2=C(c2ccc(Cl)cc2)N1CO. The Balaban J connectivity index is 2.00. The average Bonchev–Trinajstić information content (AvgIpc) is 3.15. The van der Waals surface area contributed by atoms with Crippen molar-refractivity contribution in [2.75, 3.05) is 13.5 Å². The van der Waals surface area contributed by atoms with E-state index in [9.17, 15) is 19.8 Å². The fraction of sp³-hybridized carbons (Fsp3) is 0.100. The van der Waals surface area contributed by atoms with Crippen molar-refractivity contribution in [1.82, 2.24) is 9.80 Å². The van der Waals surface area contributed by atoms with E-state index in [-0.39, 0.29) is 22.5 Å². The molecule has 0 radical (unpaired) electrons. The Morgan fingerprint density at radius 1 is 0.643 bits per heavy atom. The fourth-order valence-electron chi connectivity index (χ4n) is 3.48. The van der Waals surface area contributed by atoms with Gasteiger partial charge in [-0.3, -0.25) is 19.4 Å². The standard InChI is InChI=1S/C20H14Cl2N2O4/c21-13-5-1-11(2-6-13)17-15-16(20(28)23(17)9-25)18(24(10-26)19(15)27)12-3-7-14(22)8-4-12/h1-8,25-26H,9-10H2. The zero-order valence-electron chi connectivity index (χ0n) is 14.4. The van der Waals surface area contributed by atoms with Crippen LogP contribution in [0.15, 0.2) is 59.7 Å². The van der Waals surface area contributed by atoms with Crippen LogP contribution >= 0.6 is 23.2 Å². The highest BCUT2D eigenvalue weighted by molar-refractivity contribution is 6.32. The molecule has 0 saturated carbocycles. The summed E-state index contributed by atoms with van der Waals surface area (Å²) in [6, 6.07) is 13.2. The quantitative estimate of drug-likeness (QED) is 0.802. The Kier molecular flexibility index (Phi) is 4.72. The smallest absolute Gasteiger partial charge is 0.263 e. The van der Waals surface area contributed by atoms with E-state index < -0.39 is 25.3 Å². The third-order valence-electron chi connectivity index (χ3n) is 4.70. The van der Waals surface area contributed by atoms with Crippen molar-refractivity contribution in [2.24, 2.45) is 0 Å². The topological polar surface area (TPSA) is 81.1 Å². The van der Waals surface area contributed by atoms with Gasteiger partial charge in [-0.15, -0.1) is 0 Å². The van der Waals surface area contributed by atoms with Gasteiger partial charge in [0, 0.05) is 10.0 Å². The van der Waals surface area contributed by atoms with E-state index in [0.29, 0.717) is 21.2 Å². The Hall–Kier alpha value is -2.64. The maximum absolute atomic E-state index is 13.1. The van der Waals surface area contributed by atoms with Crippen LogP contribution < -0.4 is 0 Å². The molecule has 2 aromatic carbocycles. The van der Waals surface area contributed by atoms with Crippen molar-refractivity contribution in [3.63, 3.8) is 0 Å². The second-order valence-electron chi connectivity index (χ2n) is 6.21. The maximum atomic E-state index is 13.1. The fourth-order valence-corrected chi connectivity index (χ4v) is 3.73. The van der Waals surface area contributed by atoms with Gasteiger partial charge in [-0.05, 0) is 35.4 Å². The number of nitrogens with zero attached hydrogens (tertiary/aromatic N) is 2. The van der Waals surface area contributed by atoms with E-state index in [2.05, 4.69) is 0 Å². The van der Waals surface area contributed by atoms with E-state index >= 15 is 0 Å². The minimum Gasteiger partial charge on any atom is -0.376 e. The molecule has 0 fully saturated rings. The minimum atomic E-state index is -0.593. The van der Waals surface area contributed by atoms with Crippen LogP contribution in [0, 0.1) is 0 Å². The van der Waals surface area contributed by atoms with Crippen molar-refractivity contribution in [3.05, 3.63) is 80.8 Å². The molecule has 142 valence electrons. The number of amides is 2. The minimum absolute atomic E-state index is 0.139. The normalized spacial score (nSPS) is 16.6. The third kappa shape index (κ3) is 2.73. The Labute approximate surface area is 170 Å². The maximum Gasteiger partial charge on any atom is 0.263 e. The van der Waals surface area contributed by atoms with Gasteiger partial charge < -0.3 is 10.2 Å². The molecule has 2 aromatic rings. The molecule has 0 aliphatic carbocycles. The van der Waals surface area contributed by atoms with Crippen LogP contribution in [-0.2, 0) is 9.59 Å². The molecule has 2 N–H and O–H groups in total. The van der Waals surface area contributed by atoms with Crippen LogP contribution in [0.5, 0.6) is 0 Å². The van der Waals surface area contributed by atoms with Crippen molar-refractivity contribution >= 4 is 46.4 Å². The summed E-state index contributed by atoms with van der Waals surface area (Å²) in [5.74, 6) is -1.03. The Morgan fingerprint density at radius 3 is 1.25 bits per heavy atom. The largest absolute Gasteiger partial charge is 0.376 e. The number of halogens is 2. The van der Waals surface area contributed by atoms with E-state index in [4.69, 9.17) is 23.2 Å². The number of carbonyl (C=O) groups excluding carboxylic acids is 2. The summed E-state index contributed by atoms with van der Waals surface area (Å²) < 4.78 is 0. The van der Waals surface area contributed by atoms with Gasteiger partial charge in [0.05, 0.1) is 22.5 Å². The second kappa shape index (κ2) is 7.07. The third-order valence-corrected chi connectivity index (χ3v) is 5.20. The van der Waals surface area contributed by atoms with Crippen molar-refractivity contribution in [3.8, 4) is 0 Å². The highest BCUT2D eigenvalue weighted by Gasteiger charge is 2.48. The van der Waals surface area contributed by atoms with E-state index in [1.165, 1.54) is 0 Å². The van der Waals surface area contributed by atoms with Crippen LogP contribution in [0.1, 0.15) is 11.1 Å². The lowest BCUT2D eigenvalue weighted by Crippen LogP contribution is -2.30. The van der Waals surface area contributed by atoms with Gasteiger partial charge in [-0.25, -0.2) is 0 Å². The predicted octanol–water partition coefficient (Wildman–Crippen LogP) is 2.70. The number of aliphatic hydroxyl groups is 2. The molecule has 8 heteroatoms. The van der Waals surface area contributed by atoms with Gasteiger partial charge in [0.15, 0.2) is 0 Å². The lowest BCUT2D eigenvalue weighted by atomic mass is 10.0. The summed E-state index contributed by atoms with van der Waals surface area (Å²) in [5.41, 5.74) is 1.96. The number of fused-ring (bicyclic) bond motifs is 1. The van der Waals surface area contributed by atoms with Gasteiger partial charge in [0.1, 0.15) is 13.5 Å². The van der Waals surface area contributed by atoms with Crippen molar-refractivity contribution in [2.45, 2.75) is 0 Å². The molecule has 0 bridgehead atoms. The van der Waals surface area contributed by atoms with Crippen LogP contribution in [0.25, 0.3) is 11.4 Å². The number of rotatable bonds is 4. The van der Waals surface area contributed by atoms with E-state index in [1.807, 2.05) is 0 Å². The molecule has 28 heavy (non-hydrogen) atoms. The molecular formula is C20H14Cl2N2O4. The molecule has 0 atom stereocenters.